The highest BCUT2D eigenvalue weighted by atomic mass is 32.2. The highest BCUT2D eigenvalue weighted by Crippen LogP contribution is 2.29. The number of benzene rings is 1. The van der Waals surface area contributed by atoms with Crippen molar-refractivity contribution >= 4 is 16.3 Å². The van der Waals surface area contributed by atoms with Crippen LogP contribution < -0.4 is 9.46 Å². The van der Waals surface area contributed by atoms with E-state index in [9.17, 15) is 17.6 Å². The van der Waals surface area contributed by atoms with Crippen LogP contribution in [0.5, 0.6) is 5.75 Å². The molecule has 0 spiro atoms. The van der Waals surface area contributed by atoms with Gasteiger partial charge in [-0.05, 0) is 57.6 Å². The lowest BCUT2D eigenvalue weighted by Gasteiger charge is -2.26. The molecule has 0 aliphatic heterocycles. The molecule has 0 aromatic heterocycles. The second kappa shape index (κ2) is 8.27. The third-order valence-electron chi connectivity index (χ3n) is 4.45. The highest BCUT2D eigenvalue weighted by molar-refractivity contribution is 7.89. The molecule has 1 aromatic carbocycles. The maximum Gasteiger partial charge on any atom is 0.241 e. The lowest BCUT2D eigenvalue weighted by Crippen LogP contribution is -2.43. The van der Waals surface area contributed by atoms with Gasteiger partial charge in [0.2, 0.25) is 10.0 Å². The minimum atomic E-state index is -3.81. The average molecular weight is 371 g/mol. The Balaban J connectivity index is 2.08. The van der Waals surface area contributed by atoms with E-state index in [-0.39, 0.29) is 10.6 Å². The average Bonchev–Trinajstić information content (AvgIpc) is 2.46. The van der Waals surface area contributed by atoms with E-state index < -0.39 is 21.4 Å². The Kier molecular flexibility index (Phi) is 6.57. The molecule has 1 N–H and O–H groups in total. The molecule has 0 saturated heterocycles. The number of unbranched alkanes of at least 4 members (excludes halogenated alkanes) is 1. The zero-order chi connectivity index (χ0) is 18.5. The van der Waals surface area contributed by atoms with Crippen LogP contribution in [0.15, 0.2) is 23.1 Å². The molecule has 140 valence electrons. The summed E-state index contributed by atoms with van der Waals surface area (Å²) < 4.78 is 47.2. The lowest BCUT2D eigenvalue weighted by atomic mass is 9.86. The third kappa shape index (κ3) is 5.78. The number of halogens is 1. The zero-order valence-electron chi connectivity index (χ0n) is 14.8. The first-order chi connectivity index (χ1) is 11.7. The van der Waals surface area contributed by atoms with E-state index in [0.29, 0.717) is 31.8 Å². The van der Waals surface area contributed by atoms with E-state index in [1.54, 1.807) is 13.8 Å². The number of carbonyl (C=O) groups is 1. The van der Waals surface area contributed by atoms with Gasteiger partial charge in [0.15, 0.2) is 11.6 Å². The van der Waals surface area contributed by atoms with Gasteiger partial charge in [-0.2, -0.15) is 0 Å². The second-order valence-electron chi connectivity index (χ2n) is 7.25. The third-order valence-corrected chi connectivity index (χ3v) is 6.14. The van der Waals surface area contributed by atoms with Crippen LogP contribution in [-0.2, 0) is 14.8 Å². The fraction of sp³-hybridized carbons (Fsp3) is 0.611. The molecule has 0 heterocycles. The van der Waals surface area contributed by atoms with Crippen LogP contribution in [0.2, 0.25) is 0 Å². The molecule has 0 amide bonds. The molecule has 1 saturated carbocycles. The number of rotatable bonds is 10. The van der Waals surface area contributed by atoms with Crippen molar-refractivity contribution in [3.8, 4) is 5.75 Å². The van der Waals surface area contributed by atoms with E-state index in [0.717, 1.165) is 31.6 Å². The fourth-order valence-corrected chi connectivity index (χ4v) is 4.19. The van der Waals surface area contributed by atoms with Crippen molar-refractivity contribution in [1.29, 1.82) is 0 Å². The minimum Gasteiger partial charge on any atom is -0.490 e. The maximum atomic E-state index is 13.9. The van der Waals surface area contributed by atoms with Gasteiger partial charge in [-0.3, -0.25) is 0 Å². The normalized spacial score (nSPS) is 15.6. The summed E-state index contributed by atoms with van der Waals surface area (Å²) in [7, 11) is -3.81. The summed E-state index contributed by atoms with van der Waals surface area (Å²) in [5.41, 5.74) is -0.705. The molecule has 7 heteroatoms. The Morgan fingerprint density at radius 3 is 2.68 bits per heavy atom. The largest absolute Gasteiger partial charge is 0.490 e. The zero-order valence-corrected chi connectivity index (χ0v) is 15.6. The van der Waals surface area contributed by atoms with Crippen LogP contribution in [0, 0.1) is 11.7 Å². The smallest absolute Gasteiger partial charge is 0.241 e. The molecular weight excluding hydrogens is 345 g/mol. The van der Waals surface area contributed by atoms with E-state index >= 15 is 0 Å². The standard InChI is InChI=1S/C18H26FNO4S/c1-18(2,10-3-4-11-21)20-25(22,23)15-8-9-16(19)17(12-15)24-13-14-6-5-7-14/h8-9,11-12,14,20H,3-7,10,13H2,1-2H3. The van der Waals surface area contributed by atoms with Crippen LogP contribution in [0.1, 0.15) is 52.4 Å². The van der Waals surface area contributed by atoms with Crippen molar-refractivity contribution in [3.05, 3.63) is 24.0 Å². The molecule has 1 fully saturated rings. The Morgan fingerprint density at radius 2 is 2.08 bits per heavy atom. The van der Waals surface area contributed by atoms with Crippen molar-refractivity contribution in [2.45, 2.75) is 62.8 Å². The van der Waals surface area contributed by atoms with Crippen molar-refractivity contribution in [3.63, 3.8) is 0 Å². The van der Waals surface area contributed by atoms with Crippen LogP contribution >= 0.6 is 0 Å². The predicted molar refractivity (Wildman–Crippen MR) is 93.6 cm³/mol. The van der Waals surface area contributed by atoms with Gasteiger partial charge < -0.3 is 9.53 Å². The maximum absolute atomic E-state index is 13.9. The van der Waals surface area contributed by atoms with Gasteiger partial charge in [-0.15, -0.1) is 0 Å². The first-order valence-corrected chi connectivity index (χ1v) is 10.1. The quantitative estimate of drug-likeness (QED) is 0.505. The van der Waals surface area contributed by atoms with Gasteiger partial charge >= 0.3 is 0 Å². The summed E-state index contributed by atoms with van der Waals surface area (Å²) in [6.45, 7) is 3.92. The summed E-state index contributed by atoms with van der Waals surface area (Å²) in [5.74, 6) is -0.174. The number of hydrogen-bond donors (Lipinski definition) is 1. The Morgan fingerprint density at radius 1 is 1.36 bits per heavy atom. The molecule has 5 nitrogen and oxygen atoms in total. The van der Waals surface area contributed by atoms with Gasteiger partial charge in [0, 0.05) is 18.0 Å². The summed E-state index contributed by atoms with van der Waals surface area (Å²) >= 11 is 0. The summed E-state index contributed by atoms with van der Waals surface area (Å²) in [6.07, 6.45) is 5.62. The summed E-state index contributed by atoms with van der Waals surface area (Å²) in [4.78, 5) is 10.4. The SMILES string of the molecule is CC(C)(CCCC=O)NS(=O)(=O)c1ccc(F)c(OCC2CCC2)c1. The van der Waals surface area contributed by atoms with Crippen molar-refractivity contribution in [2.75, 3.05) is 6.61 Å². The molecular formula is C18H26FNO4S. The number of ether oxygens (including phenoxy) is 1. The van der Waals surface area contributed by atoms with E-state index in [1.165, 1.54) is 12.1 Å². The van der Waals surface area contributed by atoms with Crippen LogP contribution in [0.3, 0.4) is 0 Å². The van der Waals surface area contributed by atoms with Gasteiger partial charge in [0.25, 0.3) is 0 Å². The number of carbonyl (C=O) groups excluding carboxylic acids is 1. The van der Waals surface area contributed by atoms with Crippen molar-refractivity contribution in [1.82, 2.24) is 4.72 Å². The highest BCUT2D eigenvalue weighted by Gasteiger charge is 2.27. The number of hydrogen-bond acceptors (Lipinski definition) is 4. The number of sulfonamides is 1. The predicted octanol–water partition coefficient (Wildman–Crippen LogP) is 3.43. The van der Waals surface area contributed by atoms with Crippen molar-refractivity contribution in [2.24, 2.45) is 5.92 Å². The van der Waals surface area contributed by atoms with E-state index in [1.807, 2.05) is 0 Å². The Bertz CT molecular complexity index is 699. The molecule has 1 aliphatic carbocycles. The topological polar surface area (TPSA) is 72.5 Å². The monoisotopic (exact) mass is 371 g/mol. The Hall–Kier alpha value is -1.47. The molecule has 2 rings (SSSR count). The molecule has 1 aromatic rings. The van der Waals surface area contributed by atoms with Crippen LogP contribution in [-0.4, -0.2) is 26.8 Å². The molecule has 0 bridgehead atoms. The van der Waals surface area contributed by atoms with E-state index in [2.05, 4.69) is 4.72 Å². The Labute approximate surface area is 149 Å². The van der Waals surface area contributed by atoms with Crippen molar-refractivity contribution < 1.29 is 22.3 Å². The first kappa shape index (κ1) is 19.8. The van der Waals surface area contributed by atoms with Gasteiger partial charge in [0.05, 0.1) is 11.5 Å². The van der Waals surface area contributed by atoms with Gasteiger partial charge in [-0.25, -0.2) is 17.5 Å². The molecule has 1 aliphatic rings. The minimum absolute atomic E-state index is 0.0269. The van der Waals surface area contributed by atoms with Gasteiger partial charge in [0.1, 0.15) is 6.29 Å². The molecule has 0 radical (unpaired) electrons. The molecule has 25 heavy (non-hydrogen) atoms. The number of nitrogens with one attached hydrogen (secondary N) is 1. The second-order valence-corrected chi connectivity index (χ2v) is 8.93. The first-order valence-electron chi connectivity index (χ1n) is 8.63. The number of aldehydes is 1. The summed E-state index contributed by atoms with van der Waals surface area (Å²) in [5, 5.41) is 0. The fourth-order valence-electron chi connectivity index (χ4n) is 2.73. The molecule has 0 unspecified atom stereocenters. The van der Waals surface area contributed by atoms with Crippen LogP contribution in [0.25, 0.3) is 0 Å². The lowest BCUT2D eigenvalue weighted by molar-refractivity contribution is -0.107. The van der Waals surface area contributed by atoms with Gasteiger partial charge in [-0.1, -0.05) is 6.42 Å². The molecule has 0 atom stereocenters. The van der Waals surface area contributed by atoms with Crippen LogP contribution in [0.4, 0.5) is 4.39 Å². The van der Waals surface area contributed by atoms with E-state index in [4.69, 9.17) is 4.74 Å². The summed E-state index contributed by atoms with van der Waals surface area (Å²) in [6, 6.07) is 3.58.